The number of carbonyl (C=O) groups is 2. The molecule has 0 saturated carbocycles. The van der Waals surface area contributed by atoms with Crippen LogP contribution in [0.2, 0.25) is 0 Å². The first-order valence-corrected chi connectivity index (χ1v) is 6.37. The number of ether oxygens (including phenoxy) is 1. The molecule has 1 aromatic rings. The fraction of sp³-hybridized carbons (Fsp3) is 0.429. The van der Waals surface area contributed by atoms with Crippen molar-refractivity contribution in [3.05, 3.63) is 29.8 Å². The lowest BCUT2D eigenvalue weighted by atomic mass is 10.2. The van der Waals surface area contributed by atoms with E-state index in [-0.39, 0.29) is 11.7 Å². The van der Waals surface area contributed by atoms with Gasteiger partial charge in [-0.05, 0) is 31.0 Å². The van der Waals surface area contributed by atoms with Crippen LogP contribution in [0.5, 0.6) is 0 Å². The van der Waals surface area contributed by atoms with Gasteiger partial charge in [0.2, 0.25) is 0 Å². The van der Waals surface area contributed by atoms with Crippen LogP contribution in [0, 0.1) is 0 Å². The minimum atomic E-state index is -1.03. The van der Waals surface area contributed by atoms with Gasteiger partial charge < -0.3 is 9.84 Å². The molecule has 0 aliphatic heterocycles. The van der Waals surface area contributed by atoms with Gasteiger partial charge in [-0.1, -0.05) is 26.3 Å². The summed E-state index contributed by atoms with van der Waals surface area (Å²) in [6.07, 6.45) is 1.87. The summed E-state index contributed by atoms with van der Waals surface area (Å²) in [5.41, 5.74) is 0.537. The number of carboxylic acid groups (broad SMARTS) is 1. The Hall–Kier alpha value is -2.04. The van der Waals surface area contributed by atoms with Crippen LogP contribution in [0.1, 0.15) is 43.5 Å². The van der Waals surface area contributed by atoms with Crippen molar-refractivity contribution in [3.8, 4) is 0 Å². The van der Waals surface area contributed by atoms with Gasteiger partial charge in [-0.25, -0.2) is 9.59 Å². The smallest absolute Gasteiger partial charge is 0.411 e. The molecule has 0 heterocycles. The van der Waals surface area contributed by atoms with E-state index in [2.05, 4.69) is 5.32 Å². The minimum absolute atomic E-state index is 0.104. The number of rotatable bonds is 6. The van der Waals surface area contributed by atoms with E-state index in [1.807, 2.05) is 13.8 Å². The molecule has 5 heteroatoms. The van der Waals surface area contributed by atoms with E-state index in [0.717, 1.165) is 19.3 Å². The Kier molecular flexibility index (Phi) is 5.85. The molecule has 19 heavy (non-hydrogen) atoms. The van der Waals surface area contributed by atoms with Crippen molar-refractivity contribution in [2.75, 3.05) is 5.32 Å². The predicted molar refractivity (Wildman–Crippen MR) is 72.5 cm³/mol. The highest BCUT2D eigenvalue weighted by atomic mass is 16.6. The second-order valence-electron chi connectivity index (χ2n) is 4.24. The average molecular weight is 265 g/mol. The van der Waals surface area contributed by atoms with Crippen LogP contribution in [0.25, 0.3) is 0 Å². The fourth-order valence-electron chi connectivity index (χ4n) is 1.70. The zero-order chi connectivity index (χ0) is 14.3. The van der Waals surface area contributed by atoms with E-state index < -0.39 is 12.1 Å². The molecule has 0 aliphatic carbocycles. The molecule has 1 aromatic carbocycles. The maximum absolute atomic E-state index is 11.7. The second kappa shape index (κ2) is 7.41. The van der Waals surface area contributed by atoms with Crippen molar-refractivity contribution in [2.45, 2.75) is 39.2 Å². The highest BCUT2D eigenvalue weighted by Gasteiger charge is 2.12. The molecule has 1 rings (SSSR count). The van der Waals surface area contributed by atoms with Crippen molar-refractivity contribution < 1.29 is 19.4 Å². The number of amides is 1. The summed E-state index contributed by atoms with van der Waals surface area (Å²) >= 11 is 0. The van der Waals surface area contributed by atoms with Gasteiger partial charge in [0.05, 0.1) is 5.56 Å². The van der Waals surface area contributed by atoms with Gasteiger partial charge in [-0.15, -0.1) is 0 Å². The molecular formula is C14H19NO4. The first-order valence-electron chi connectivity index (χ1n) is 6.37. The van der Waals surface area contributed by atoms with Crippen LogP contribution < -0.4 is 5.32 Å². The Morgan fingerprint density at radius 1 is 1.37 bits per heavy atom. The second-order valence-corrected chi connectivity index (χ2v) is 4.24. The lowest BCUT2D eigenvalue weighted by molar-refractivity contribution is 0.0696. The molecule has 2 N–H and O–H groups in total. The zero-order valence-corrected chi connectivity index (χ0v) is 11.2. The van der Waals surface area contributed by atoms with Gasteiger partial charge in [-0.2, -0.15) is 0 Å². The van der Waals surface area contributed by atoms with Crippen LogP contribution in [0.3, 0.4) is 0 Å². The number of hydrogen-bond acceptors (Lipinski definition) is 3. The quantitative estimate of drug-likeness (QED) is 0.825. The maximum Gasteiger partial charge on any atom is 0.411 e. The summed E-state index contributed by atoms with van der Waals surface area (Å²) in [6.45, 7) is 3.99. The van der Waals surface area contributed by atoms with Crippen molar-refractivity contribution in [2.24, 2.45) is 0 Å². The Morgan fingerprint density at radius 2 is 2.11 bits per heavy atom. The molecule has 104 valence electrons. The fourth-order valence-corrected chi connectivity index (χ4v) is 1.70. The zero-order valence-electron chi connectivity index (χ0n) is 11.2. The third-order valence-corrected chi connectivity index (χ3v) is 2.70. The van der Waals surface area contributed by atoms with Crippen LogP contribution >= 0.6 is 0 Å². The lowest BCUT2D eigenvalue weighted by Gasteiger charge is -2.15. The summed E-state index contributed by atoms with van der Waals surface area (Å²) in [6, 6.07) is 6.05. The van der Waals surface area contributed by atoms with Gasteiger partial charge >= 0.3 is 12.1 Å². The molecular weight excluding hydrogens is 246 g/mol. The molecule has 1 amide bonds. The first-order chi connectivity index (χ1) is 9.06. The van der Waals surface area contributed by atoms with Crippen molar-refractivity contribution in [1.82, 2.24) is 0 Å². The summed E-state index contributed by atoms with van der Waals surface area (Å²) in [7, 11) is 0. The number of aromatic carboxylic acids is 1. The standard InChI is InChI=1S/C14H19NO4/c1-3-6-12(4-2)19-14(18)15-11-8-5-7-10(9-11)13(16)17/h5,7-9,12H,3-4,6H2,1-2H3,(H,15,18)(H,16,17). The summed E-state index contributed by atoms with van der Waals surface area (Å²) < 4.78 is 5.25. The highest BCUT2D eigenvalue weighted by molar-refractivity contribution is 5.91. The Balaban J connectivity index is 2.61. The van der Waals surface area contributed by atoms with Gasteiger partial charge in [0.1, 0.15) is 6.10 Å². The number of anilines is 1. The molecule has 0 aromatic heterocycles. The highest BCUT2D eigenvalue weighted by Crippen LogP contribution is 2.13. The van der Waals surface area contributed by atoms with E-state index in [1.165, 1.54) is 12.1 Å². The Morgan fingerprint density at radius 3 is 2.68 bits per heavy atom. The lowest BCUT2D eigenvalue weighted by Crippen LogP contribution is -2.22. The monoisotopic (exact) mass is 265 g/mol. The summed E-state index contributed by atoms with van der Waals surface area (Å²) in [4.78, 5) is 22.5. The number of benzene rings is 1. The summed E-state index contributed by atoms with van der Waals surface area (Å²) in [5, 5.41) is 11.4. The molecule has 0 fully saturated rings. The van der Waals surface area contributed by atoms with E-state index in [4.69, 9.17) is 9.84 Å². The number of carboxylic acids is 1. The van der Waals surface area contributed by atoms with E-state index in [9.17, 15) is 9.59 Å². The Bertz CT molecular complexity index is 445. The minimum Gasteiger partial charge on any atom is -0.478 e. The molecule has 1 unspecified atom stereocenters. The third-order valence-electron chi connectivity index (χ3n) is 2.70. The first kappa shape index (κ1) is 15.0. The van der Waals surface area contributed by atoms with E-state index >= 15 is 0 Å². The maximum atomic E-state index is 11.7. The third kappa shape index (κ3) is 4.99. The topological polar surface area (TPSA) is 75.6 Å². The molecule has 0 bridgehead atoms. The molecule has 0 radical (unpaired) electrons. The van der Waals surface area contributed by atoms with Crippen LogP contribution in [-0.2, 0) is 4.74 Å². The Labute approximate surface area is 112 Å². The van der Waals surface area contributed by atoms with Crippen molar-refractivity contribution >= 4 is 17.7 Å². The van der Waals surface area contributed by atoms with E-state index in [0.29, 0.717) is 5.69 Å². The van der Waals surface area contributed by atoms with Crippen molar-refractivity contribution in [3.63, 3.8) is 0 Å². The van der Waals surface area contributed by atoms with E-state index in [1.54, 1.807) is 12.1 Å². The van der Waals surface area contributed by atoms with Crippen molar-refractivity contribution in [1.29, 1.82) is 0 Å². The number of carbonyl (C=O) groups excluding carboxylic acids is 1. The summed E-state index contributed by atoms with van der Waals surface area (Å²) in [5.74, 6) is -1.03. The van der Waals surface area contributed by atoms with Crippen LogP contribution in [-0.4, -0.2) is 23.3 Å². The number of hydrogen-bond donors (Lipinski definition) is 2. The average Bonchev–Trinajstić information content (AvgIpc) is 2.38. The molecule has 1 atom stereocenters. The SMILES string of the molecule is CCCC(CC)OC(=O)Nc1cccc(C(=O)O)c1. The van der Waals surface area contributed by atoms with Crippen LogP contribution in [0.4, 0.5) is 10.5 Å². The predicted octanol–water partition coefficient (Wildman–Crippen LogP) is 3.51. The number of nitrogens with one attached hydrogen (secondary N) is 1. The normalized spacial score (nSPS) is 11.7. The van der Waals surface area contributed by atoms with Gasteiger partial charge in [-0.3, -0.25) is 5.32 Å². The van der Waals surface area contributed by atoms with Gasteiger partial charge in [0.15, 0.2) is 0 Å². The molecule has 0 saturated heterocycles. The van der Waals surface area contributed by atoms with Crippen LogP contribution in [0.15, 0.2) is 24.3 Å². The molecule has 5 nitrogen and oxygen atoms in total. The molecule has 0 spiro atoms. The van der Waals surface area contributed by atoms with Gasteiger partial charge in [0.25, 0.3) is 0 Å². The largest absolute Gasteiger partial charge is 0.478 e. The molecule has 0 aliphatic rings. The van der Waals surface area contributed by atoms with Gasteiger partial charge in [0, 0.05) is 5.69 Å².